The molecule has 2 amide bonds. The molecule has 0 spiro atoms. The summed E-state index contributed by atoms with van der Waals surface area (Å²) < 4.78 is 39.8. The Kier molecular flexibility index (Phi) is 9.61. The topological polar surface area (TPSA) is 120 Å². The molecule has 0 aliphatic carbocycles. The number of benzene rings is 2. The van der Waals surface area contributed by atoms with Crippen molar-refractivity contribution in [1.29, 1.82) is 5.41 Å². The van der Waals surface area contributed by atoms with Gasteiger partial charge in [-0.05, 0) is 49.9 Å². The minimum atomic E-state index is -1.62. The van der Waals surface area contributed by atoms with Crippen LogP contribution in [0.2, 0.25) is 0 Å². The number of hydrogen-bond acceptors (Lipinski definition) is 6. The fraction of sp³-hybridized carbons (Fsp3) is 0.192. The van der Waals surface area contributed by atoms with Crippen molar-refractivity contribution in [3.05, 3.63) is 95.1 Å². The van der Waals surface area contributed by atoms with Gasteiger partial charge < -0.3 is 21.4 Å². The summed E-state index contributed by atoms with van der Waals surface area (Å²) in [7, 11) is 1.84. The molecule has 0 bridgehead atoms. The van der Waals surface area contributed by atoms with Gasteiger partial charge in [0.2, 0.25) is 5.91 Å². The van der Waals surface area contributed by atoms with Gasteiger partial charge in [0.15, 0.2) is 23.3 Å². The smallest absolute Gasteiger partial charge is 0.254 e. The van der Waals surface area contributed by atoms with E-state index >= 15 is 0 Å². The van der Waals surface area contributed by atoms with E-state index in [9.17, 15) is 22.8 Å². The van der Waals surface area contributed by atoms with Crippen LogP contribution in [0.3, 0.4) is 0 Å². The van der Waals surface area contributed by atoms with E-state index < -0.39 is 23.4 Å². The van der Waals surface area contributed by atoms with Crippen LogP contribution >= 0.6 is 0 Å². The van der Waals surface area contributed by atoms with E-state index in [0.717, 1.165) is 30.7 Å². The van der Waals surface area contributed by atoms with E-state index in [1.807, 2.05) is 7.05 Å². The first-order valence-corrected chi connectivity index (χ1v) is 11.3. The Labute approximate surface area is 211 Å². The van der Waals surface area contributed by atoms with Crippen LogP contribution in [0.1, 0.15) is 27.9 Å². The van der Waals surface area contributed by atoms with Crippen LogP contribution in [0.25, 0.3) is 11.4 Å². The molecule has 3 aromatic rings. The highest BCUT2D eigenvalue weighted by Crippen LogP contribution is 2.17. The average molecular weight is 511 g/mol. The number of amides is 2. The summed E-state index contributed by atoms with van der Waals surface area (Å²) >= 11 is 0. The van der Waals surface area contributed by atoms with Crippen molar-refractivity contribution in [2.75, 3.05) is 20.1 Å². The summed E-state index contributed by atoms with van der Waals surface area (Å²) in [6, 6.07) is 8.49. The van der Waals surface area contributed by atoms with Gasteiger partial charge in [0.05, 0.1) is 11.3 Å². The third-order valence-electron chi connectivity index (χ3n) is 5.15. The zero-order chi connectivity index (χ0) is 26.8. The van der Waals surface area contributed by atoms with Crippen molar-refractivity contribution >= 4 is 17.5 Å². The molecule has 37 heavy (non-hydrogen) atoms. The van der Waals surface area contributed by atoms with Crippen molar-refractivity contribution < 1.29 is 22.8 Å². The van der Waals surface area contributed by atoms with Gasteiger partial charge in [0.1, 0.15) is 0 Å². The number of nitrogens with one attached hydrogen (secondary N) is 4. The number of hydrogen-bond donors (Lipinski definition) is 4. The highest BCUT2D eigenvalue weighted by atomic mass is 19.2. The predicted octanol–water partition coefficient (Wildman–Crippen LogP) is 3.14. The molecule has 0 atom stereocenters. The van der Waals surface area contributed by atoms with Crippen molar-refractivity contribution in [3.63, 3.8) is 0 Å². The van der Waals surface area contributed by atoms with Gasteiger partial charge in [-0.2, -0.15) is 0 Å². The second kappa shape index (κ2) is 13.1. The molecular weight excluding hydrogens is 485 g/mol. The number of carbonyl (C=O) groups excluding carboxylic acids is 2. The summed E-state index contributed by atoms with van der Waals surface area (Å²) in [5.41, 5.74) is 1.21. The minimum Gasteiger partial charge on any atom is -0.352 e. The third-order valence-corrected chi connectivity index (χ3v) is 5.15. The molecule has 3 rings (SSSR count). The number of rotatable bonds is 11. The molecule has 1 aromatic heterocycles. The number of aromatic nitrogens is 2. The third kappa shape index (κ3) is 7.80. The number of halogens is 3. The molecule has 2 aromatic carbocycles. The molecule has 0 saturated carbocycles. The molecule has 0 unspecified atom stereocenters. The molecule has 0 aliphatic rings. The Morgan fingerprint density at radius 1 is 0.946 bits per heavy atom. The molecule has 4 N–H and O–H groups in total. The first kappa shape index (κ1) is 27.2. The van der Waals surface area contributed by atoms with E-state index in [2.05, 4.69) is 25.9 Å². The van der Waals surface area contributed by atoms with Gasteiger partial charge in [-0.3, -0.25) is 9.59 Å². The normalized spacial score (nSPS) is 10.9. The number of allylic oxidation sites excluding steroid dienone is 1. The number of carbonyl (C=O) groups is 2. The Morgan fingerprint density at radius 3 is 2.32 bits per heavy atom. The van der Waals surface area contributed by atoms with Gasteiger partial charge in [-0.25, -0.2) is 23.1 Å². The maximum atomic E-state index is 13.3. The molecule has 0 fully saturated rings. The van der Waals surface area contributed by atoms with Crippen LogP contribution in [0.5, 0.6) is 0 Å². The van der Waals surface area contributed by atoms with Crippen molar-refractivity contribution in [1.82, 2.24) is 25.9 Å². The van der Waals surface area contributed by atoms with Crippen LogP contribution in [0.4, 0.5) is 13.2 Å². The fourth-order valence-corrected chi connectivity index (χ4v) is 3.20. The first-order valence-electron chi connectivity index (χ1n) is 11.3. The molecule has 192 valence electrons. The lowest BCUT2D eigenvalue weighted by Crippen LogP contribution is -2.26. The fourth-order valence-electron chi connectivity index (χ4n) is 3.20. The molecular formula is C26H25F3N6O2. The van der Waals surface area contributed by atoms with Gasteiger partial charge >= 0.3 is 0 Å². The summed E-state index contributed by atoms with van der Waals surface area (Å²) in [6.45, 7) is 1.48. The second-order valence-corrected chi connectivity index (χ2v) is 7.93. The summed E-state index contributed by atoms with van der Waals surface area (Å²) in [4.78, 5) is 32.8. The van der Waals surface area contributed by atoms with Crippen LogP contribution < -0.4 is 16.0 Å². The quantitative estimate of drug-likeness (QED) is 0.137. The SMILES string of the molecule is CNCCCNC(=O)c1cnc(-c2cccc(CNC(=O)/C=C\C(=N)c3cc(F)c(F)c(F)c3)c2)nc1. The van der Waals surface area contributed by atoms with Crippen LogP contribution in [0, 0.1) is 22.9 Å². The molecule has 0 saturated heterocycles. The molecule has 1 heterocycles. The van der Waals surface area contributed by atoms with Crippen LogP contribution in [-0.4, -0.2) is 47.6 Å². The van der Waals surface area contributed by atoms with E-state index in [1.165, 1.54) is 12.4 Å². The Balaban J connectivity index is 1.56. The monoisotopic (exact) mass is 510 g/mol. The highest BCUT2D eigenvalue weighted by Gasteiger charge is 2.12. The minimum absolute atomic E-state index is 0.150. The molecule has 0 aliphatic heterocycles. The first-order chi connectivity index (χ1) is 17.8. The summed E-state index contributed by atoms with van der Waals surface area (Å²) in [6.07, 6.45) is 5.80. The maximum Gasteiger partial charge on any atom is 0.254 e. The van der Waals surface area contributed by atoms with Crippen LogP contribution in [-0.2, 0) is 11.3 Å². The van der Waals surface area contributed by atoms with Crippen molar-refractivity contribution in [2.45, 2.75) is 13.0 Å². The van der Waals surface area contributed by atoms with Crippen molar-refractivity contribution in [3.8, 4) is 11.4 Å². The standard InChI is InChI=1S/C26H25F3N6O2/c1-31-8-3-9-32-26(37)19-14-34-25(35-15-19)17-5-2-4-16(10-17)13-33-23(36)7-6-22(30)18-11-20(27)24(29)21(28)12-18/h2,4-7,10-12,14-15,30-31H,3,8-9,13H2,1H3,(H,32,37)(H,33,36)/b7-6-,30-22?. The Hall–Kier alpha value is -4.38. The van der Waals surface area contributed by atoms with Gasteiger partial charge in [0.25, 0.3) is 5.91 Å². The molecule has 0 radical (unpaired) electrons. The van der Waals surface area contributed by atoms with E-state index in [0.29, 0.717) is 35.6 Å². The Bertz CT molecular complexity index is 1290. The predicted molar refractivity (Wildman–Crippen MR) is 132 cm³/mol. The number of nitrogens with zero attached hydrogens (tertiary/aromatic N) is 2. The molecule has 8 nitrogen and oxygen atoms in total. The summed E-state index contributed by atoms with van der Waals surface area (Å²) in [5.74, 6) is -4.84. The summed E-state index contributed by atoms with van der Waals surface area (Å²) in [5, 5.41) is 16.3. The molecule has 11 heteroatoms. The average Bonchev–Trinajstić information content (AvgIpc) is 2.91. The maximum absolute atomic E-state index is 13.3. The largest absolute Gasteiger partial charge is 0.352 e. The van der Waals surface area contributed by atoms with Gasteiger partial charge in [0, 0.05) is 42.7 Å². The zero-order valence-electron chi connectivity index (χ0n) is 19.9. The zero-order valence-corrected chi connectivity index (χ0v) is 19.9. The van der Waals surface area contributed by atoms with E-state index in [-0.39, 0.29) is 23.7 Å². The lowest BCUT2D eigenvalue weighted by Gasteiger charge is -2.07. The van der Waals surface area contributed by atoms with E-state index in [4.69, 9.17) is 5.41 Å². The lowest BCUT2D eigenvalue weighted by molar-refractivity contribution is -0.116. The van der Waals surface area contributed by atoms with Gasteiger partial charge in [-0.1, -0.05) is 18.2 Å². The highest BCUT2D eigenvalue weighted by molar-refractivity contribution is 6.09. The second-order valence-electron chi connectivity index (χ2n) is 7.93. The van der Waals surface area contributed by atoms with Crippen molar-refractivity contribution in [2.24, 2.45) is 0 Å². The van der Waals surface area contributed by atoms with Gasteiger partial charge in [-0.15, -0.1) is 0 Å². The lowest BCUT2D eigenvalue weighted by atomic mass is 10.1. The Morgan fingerprint density at radius 2 is 1.65 bits per heavy atom. The van der Waals surface area contributed by atoms with Crippen LogP contribution in [0.15, 0.2) is 60.9 Å². The van der Waals surface area contributed by atoms with E-state index in [1.54, 1.807) is 24.3 Å².